The van der Waals surface area contributed by atoms with E-state index in [4.69, 9.17) is 10.8 Å². The van der Waals surface area contributed by atoms with Crippen molar-refractivity contribution in [2.45, 2.75) is 18.9 Å². The molecule has 2 aromatic carbocycles. The fraction of sp³-hybridized carbons (Fsp3) is 0.263. The Hall–Kier alpha value is -3.29. The fourth-order valence-electron chi connectivity index (χ4n) is 4.04. The van der Waals surface area contributed by atoms with Crippen molar-refractivity contribution in [2.24, 2.45) is 5.73 Å². The lowest BCUT2D eigenvalue weighted by atomic mass is 10.0. The lowest BCUT2D eigenvalue weighted by Gasteiger charge is -2.34. The number of halogens is 1. The minimum Gasteiger partial charge on any atom is -0.465 e. The highest BCUT2D eigenvalue weighted by Crippen LogP contribution is 2.38. The molecule has 1 aliphatic heterocycles. The zero-order valence-electron chi connectivity index (χ0n) is 14.5. The summed E-state index contributed by atoms with van der Waals surface area (Å²) in [5.41, 5.74) is 7.10. The van der Waals surface area contributed by atoms with Crippen LogP contribution in [0.4, 0.5) is 19.7 Å². The van der Waals surface area contributed by atoms with Gasteiger partial charge >= 0.3 is 12.1 Å². The molecule has 4 rings (SSSR count). The van der Waals surface area contributed by atoms with Crippen molar-refractivity contribution < 1.29 is 19.1 Å². The van der Waals surface area contributed by atoms with Gasteiger partial charge in [-0.2, -0.15) is 0 Å². The Labute approximate surface area is 154 Å². The molecule has 3 aromatic rings. The number of anilines is 1. The maximum atomic E-state index is 14.9. The summed E-state index contributed by atoms with van der Waals surface area (Å²) in [6.07, 6.45) is 0.337. The van der Waals surface area contributed by atoms with Gasteiger partial charge in [0, 0.05) is 29.9 Å². The quantitative estimate of drug-likeness (QED) is 0.645. The molecule has 0 spiro atoms. The number of rotatable bonds is 2. The summed E-state index contributed by atoms with van der Waals surface area (Å²) in [6, 6.07) is 9.18. The normalized spacial score (nSPS) is 17.4. The third-order valence-corrected chi connectivity index (χ3v) is 5.05. The van der Waals surface area contributed by atoms with Crippen LogP contribution in [-0.2, 0) is 0 Å². The molecule has 1 atom stereocenters. The zero-order chi connectivity index (χ0) is 19.1. The van der Waals surface area contributed by atoms with E-state index in [1.54, 1.807) is 18.2 Å². The predicted octanol–water partition coefficient (Wildman–Crippen LogP) is 3.10. The molecular formula is C19H19FN4O3. The summed E-state index contributed by atoms with van der Waals surface area (Å²) in [7, 11) is 0. The third kappa shape index (κ3) is 2.83. The second-order valence-electron chi connectivity index (χ2n) is 6.72. The number of primary amides is 1. The van der Waals surface area contributed by atoms with Crippen molar-refractivity contribution in [1.29, 1.82) is 0 Å². The number of carbonyl (C=O) groups is 2. The van der Waals surface area contributed by atoms with Gasteiger partial charge < -0.3 is 21.1 Å². The van der Waals surface area contributed by atoms with E-state index in [-0.39, 0.29) is 6.04 Å². The molecule has 140 valence electrons. The van der Waals surface area contributed by atoms with Crippen molar-refractivity contribution in [2.75, 3.05) is 18.0 Å². The second-order valence-corrected chi connectivity index (χ2v) is 6.72. The average molecular weight is 370 g/mol. The maximum absolute atomic E-state index is 14.9. The Morgan fingerprint density at radius 3 is 2.70 bits per heavy atom. The number of fused-ring (bicyclic) bond motifs is 3. The highest BCUT2D eigenvalue weighted by Gasteiger charge is 2.27. The van der Waals surface area contributed by atoms with E-state index in [0.717, 1.165) is 11.8 Å². The number of piperidine rings is 1. The Bertz CT molecular complexity index is 1060. The van der Waals surface area contributed by atoms with Crippen LogP contribution < -0.4 is 16.0 Å². The smallest absolute Gasteiger partial charge is 0.404 e. The van der Waals surface area contributed by atoms with Gasteiger partial charge in [-0.1, -0.05) is 18.2 Å². The molecular weight excluding hydrogens is 351 g/mol. The van der Waals surface area contributed by atoms with Crippen LogP contribution in [0.25, 0.3) is 21.8 Å². The van der Waals surface area contributed by atoms with Crippen LogP contribution in [0, 0.1) is 5.82 Å². The number of aromatic nitrogens is 1. The van der Waals surface area contributed by atoms with Crippen molar-refractivity contribution in [3.8, 4) is 0 Å². The molecule has 1 fully saturated rings. The van der Waals surface area contributed by atoms with Gasteiger partial charge in [0.05, 0.1) is 16.7 Å². The number of carbonyl (C=O) groups excluding carboxylic acids is 1. The Morgan fingerprint density at radius 1 is 1.19 bits per heavy atom. The molecule has 2 amide bonds. The van der Waals surface area contributed by atoms with Gasteiger partial charge in [0.25, 0.3) is 0 Å². The van der Waals surface area contributed by atoms with Gasteiger partial charge in [-0.25, -0.2) is 14.0 Å². The summed E-state index contributed by atoms with van der Waals surface area (Å²) in [6.45, 7) is 0.961. The molecule has 0 aliphatic carbocycles. The highest BCUT2D eigenvalue weighted by atomic mass is 19.1. The summed E-state index contributed by atoms with van der Waals surface area (Å²) < 4.78 is 16.3. The standard InChI is InChI=1S/C19H19FN4O3/c20-13-7-8-15-16(12-5-1-2-6-14(12)24(15)18(21)25)17(13)23-9-3-4-11(10-23)22-19(26)27/h1-2,5-8,11,22H,3-4,9-10H2,(H2,21,25)(H,26,27). The number of para-hydroxylation sites is 1. The van der Waals surface area contributed by atoms with E-state index in [0.29, 0.717) is 41.6 Å². The zero-order valence-corrected chi connectivity index (χ0v) is 14.5. The van der Waals surface area contributed by atoms with Crippen LogP contribution >= 0.6 is 0 Å². The summed E-state index contributed by atoms with van der Waals surface area (Å²) in [5.74, 6) is -0.411. The minimum absolute atomic E-state index is 0.282. The summed E-state index contributed by atoms with van der Waals surface area (Å²) in [5, 5.41) is 12.8. The van der Waals surface area contributed by atoms with Crippen LogP contribution in [0.1, 0.15) is 12.8 Å². The van der Waals surface area contributed by atoms with Gasteiger partial charge in [-0.3, -0.25) is 4.57 Å². The first kappa shape index (κ1) is 17.1. The number of hydrogen-bond acceptors (Lipinski definition) is 3. The lowest BCUT2D eigenvalue weighted by molar-refractivity contribution is 0.188. The number of benzene rings is 2. The molecule has 27 heavy (non-hydrogen) atoms. The van der Waals surface area contributed by atoms with Gasteiger partial charge in [0.2, 0.25) is 0 Å². The molecule has 4 N–H and O–H groups in total. The minimum atomic E-state index is -1.09. The molecule has 1 unspecified atom stereocenters. The number of nitrogens with zero attached hydrogens (tertiary/aromatic N) is 2. The van der Waals surface area contributed by atoms with E-state index in [1.165, 1.54) is 10.6 Å². The van der Waals surface area contributed by atoms with Crippen molar-refractivity contribution >= 4 is 39.6 Å². The monoisotopic (exact) mass is 370 g/mol. The largest absolute Gasteiger partial charge is 0.465 e. The van der Waals surface area contributed by atoms with Gasteiger partial charge in [0.1, 0.15) is 5.82 Å². The van der Waals surface area contributed by atoms with Crippen molar-refractivity contribution in [3.05, 3.63) is 42.2 Å². The van der Waals surface area contributed by atoms with E-state index in [2.05, 4.69) is 5.32 Å². The van der Waals surface area contributed by atoms with Gasteiger partial charge in [-0.15, -0.1) is 0 Å². The molecule has 7 nitrogen and oxygen atoms in total. The number of amides is 2. The first-order chi connectivity index (χ1) is 13.0. The summed E-state index contributed by atoms with van der Waals surface area (Å²) >= 11 is 0. The summed E-state index contributed by atoms with van der Waals surface area (Å²) in [4.78, 5) is 24.9. The maximum Gasteiger partial charge on any atom is 0.404 e. The topological polar surface area (TPSA) is 101 Å². The molecule has 8 heteroatoms. The van der Waals surface area contributed by atoms with Crippen LogP contribution in [0.5, 0.6) is 0 Å². The van der Waals surface area contributed by atoms with E-state index >= 15 is 0 Å². The van der Waals surface area contributed by atoms with E-state index < -0.39 is 17.9 Å². The van der Waals surface area contributed by atoms with Gasteiger partial charge in [0.15, 0.2) is 0 Å². The molecule has 0 radical (unpaired) electrons. The van der Waals surface area contributed by atoms with Crippen molar-refractivity contribution in [3.63, 3.8) is 0 Å². The lowest BCUT2D eigenvalue weighted by Crippen LogP contribution is -2.47. The van der Waals surface area contributed by atoms with Crippen LogP contribution in [-0.4, -0.2) is 40.9 Å². The Morgan fingerprint density at radius 2 is 1.96 bits per heavy atom. The van der Waals surface area contributed by atoms with E-state index in [9.17, 15) is 14.0 Å². The van der Waals surface area contributed by atoms with Gasteiger partial charge in [-0.05, 0) is 31.0 Å². The molecule has 1 aliphatic rings. The third-order valence-electron chi connectivity index (χ3n) is 5.05. The SMILES string of the molecule is NC(=O)n1c2ccccc2c2c(N3CCCC(NC(=O)O)C3)c(F)ccc21. The number of carboxylic acid groups (broad SMARTS) is 1. The van der Waals surface area contributed by atoms with E-state index in [1.807, 2.05) is 17.0 Å². The molecule has 1 saturated heterocycles. The van der Waals surface area contributed by atoms with Crippen LogP contribution in [0.15, 0.2) is 36.4 Å². The first-order valence-corrected chi connectivity index (χ1v) is 8.73. The molecule has 1 aromatic heterocycles. The average Bonchev–Trinajstić information content (AvgIpc) is 2.96. The molecule has 0 saturated carbocycles. The van der Waals surface area contributed by atoms with Crippen LogP contribution in [0.3, 0.4) is 0 Å². The number of nitrogens with one attached hydrogen (secondary N) is 1. The fourth-order valence-corrected chi connectivity index (χ4v) is 4.04. The Balaban J connectivity index is 1.93. The molecule has 2 heterocycles. The molecule has 0 bridgehead atoms. The van der Waals surface area contributed by atoms with Crippen molar-refractivity contribution in [1.82, 2.24) is 9.88 Å². The number of nitrogens with two attached hydrogens (primary N) is 1. The first-order valence-electron chi connectivity index (χ1n) is 8.73. The number of hydrogen-bond donors (Lipinski definition) is 3. The van der Waals surface area contributed by atoms with Crippen LogP contribution in [0.2, 0.25) is 0 Å². The Kier molecular flexibility index (Phi) is 4.10. The predicted molar refractivity (Wildman–Crippen MR) is 101 cm³/mol. The highest BCUT2D eigenvalue weighted by molar-refractivity contribution is 6.17. The second kappa shape index (κ2) is 6.46.